The van der Waals surface area contributed by atoms with Gasteiger partial charge in [-0.05, 0) is 6.92 Å². The zero-order valence-electron chi connectivity index (χ0n) is 9.53. The molecule has 0 aromatic carbocycles. The highest BCUT2D eigenvalue weighted by molar-refractivity contribution is 6.32. The van der Waals surface area contributed by atoms with Crippen molar-refractivity contribution >= 4 is 23.7 Å². The van der Waals surface area contributed by atoms with Crippen LogP contribution in [0.1, 0.15) is 16.2 Å². The normalized spacial score (nSPS) is 10.2. The first-order valence-electron chi connectivity index (χ1n) is 4.79. The van der Waals surface area contributed by atoms with Crippen LogP contribution in [0.15, 0.2) is 0 Å². The molecule has 1 aromatic heterocycles. The molecule has 0 atom stereocenters. The Kier molecular flexibility index (Phi) is 4.64. The molecule has 1 heterocycles. The summed E-state index contributed by atoms with van der Waals surface area (Å²) >= 11 is 5.87. The van der Waals surface area contributed by atoms with Crippen LogP contribution in [0.3, 0.4) is 0 Å². The fourth-order valence-electron chi connectivity index (χ4n) is 1.26. The van der Waals surface area contributed by atoms with Crippen molar-refractivity contribution in [3.63, 3.8) is 0 Å². The largest absolute Gasteiger partial charge is 0.383 e. The van der Waals surface area contributed by atoms with Gasteiger partial charge >= 0.3 is 0 Å². The predicted octanol–water partition coefficient (Wildman–Crippen LogP) is 1.33. The number of aldehydes is 1. The molecule has 0 amide bonds. The van der Waals surface area contributed by atoms with Crippen LogP contribution in [-0.4, -0.2) is 43.6 Å². The first-order chi connectivity index (χ1) is 7.60. The minimum absolute atomic E-state index is 0.182. The number of aryl methyl sites for hydroxylation is 1. The van der Waals surface area contributed by atoms with Gasteiger partial charge in [-0.2, -0.15) is 0 Å². The first-order valence-corrected chi connectivity index (χ1v) is 5.17. The highest BCUT2D eigenvalue weighted by atomic mass is 35.5. The highest BCUT2D eigenvalue weighted by Gasteiger charge is 2.14. The number of halogens is 1. The van der Waals surface area contributed by atoms with E-state index in [4.69, 9.17) is 16.3 Å². The van der Waals surface area contributed by atoms with E-state index >= 15 is 0 Å². The molecule has 0 radical (unpaired) electrons. The molecule has 1 rings (SSSR count). The lowest BCUT2D eigenvalue weighted by Crippen LogP contribution is -2.25. The summed E-state index contributed by atoms with van der Waals surface area (Å²) in [7, 11) is 3.44. The van der Waals surface area contributed by atoms with Crippen molar-refractivity contribution in [1.29, 1.82) is 0 Å². The highest BCUT2D eigenvalue weighted by Crippen LogP contribution is 2.21. The van der Waals surface area contributed by atoms with Gasteiger partial charge in [0.05, 0.1) is 12.2 Å². The minimum atomic E-state index is 0.182. The molecule has 0 aliphatic rings. The summed E-state index contributed by atoms with van der Waals surface area (Å²) in [4.78, 5) is 20.9. The second kappa shape index (κ2) is 5.77. The summed E-state index contributed by atoms with van der Waals surface area (Å²) < 4.78 is 4.96. The van der Waals surface area contributed by atoms with Gasteiger partial charge in [0, 0.05) is 20.7 Å². The molecule has 0 spiro atoms. The Morgan fingerprint density at radius 3 is 2.75 bits per heavy atom. The molecule has 0 aliphatic carbocycles. The topological polar surface area (TPSA) is 55.3 Å². The molecule has 0 saturated carbocycles. The van der Waals surface area contributed by atoms with E-state index in [9.17, 15) is 4.79 Å². The number of anilines is 1. The Labute approximate surface area is 99.4 Å². The van der Waals surface area contributed by atoms with Gasteiger partial charge in [-0.1, -0.05) is 11.6 Å². The van der Waals surface area contributed by atoms with E-state index in [1.165, 1.54) is 0 Å². The molecule has 0 unspecified atom stereocenters. The van der Waals surface area contributed by atoms with Gasteiger partial charge in [-0.25, -0.2) is 9.97 Å². The maximum atomic E-state index is 10.9. The second-order valence-electron chi connectivity index (χ2n) is 3.33. The first kappa shape index (κ1) is 12.9. The zero-order valence-corrected chi connectivity index (χ0v) is 10.3. The lowest BCUT2D eigenvalue weighted by atomic mass is 10.3. The van der Waals surface area contributed by atoms with Crippen LogP contribution in [0.4, 0.5) is 5.82 Å². The quantitative estimate of drug-likeness (QED) is 0.577. The number of carbonyl (C=O) groups excluding carboxylic acids is 1. The molecule has 0 aliphatic heterocycles. The molecule has 0 fully saturated rings. The number of likely N-dealkylation sites (N-methyl/N-ethyl adjacent to an activating group) is 1. The van der Waals surface area contributed by atoms with E-state index in [1.54, 1.807) is 14.0 Å². The van der Waals surface area contributed by atoms with Crippen LogP contribution < -0.4 is 4.90 Å². The van der Waals surface area contributed by atoms with Crippen LogP contribution in [0.2, 0.25) is 5.15 Å². The van der Waals surface area contributed by atoms with Crippen LogP contribution in [-0.2, 0) is 4.74 Å². The molecule has 5 nitrogen and oxygen atoms in total. The van der Waals surface area contributed by atoms with Crippen molar-refractivity contribution in [2.75, 3.05) is 32.2 Å². The molecule has 0 bridgehead atoms. The number of carbonyl (C=O) groups is 1. The van der Waals surface area contributed by atoms with Crippen molar-refractivity contribution in [3.05, 3.63) is 16.5 Å². The van der Waals surface area contributed by atoms with Crippen molar-refractivity contribution in [3.8, 4) is 0 Å². The van der Waals surface area contributed by atoms with Gasteiger partial charge in [0.1, 0.15) is 16.8 Å². The summed E-state index contributed by atoms with van der Waals surface area (Å²) in [6.45, 7) is 2.91. The third-order valence-electron chi connectivity index (χ3n) is 2.10. The number of aromatic nitrogens is 2. The third kappa shape index (κ3) is 2.90. The molecule has 88 valence electrons. The van der Waals surface area contributed by atoms with Gasteiger partial charge in [0.15, 0.2) is 6.29 Å². The van der Waals surface area contributed by atoms with E-state index in [0.29, 0.717) is 36.6 Å². The fraction of sp³-hybridized carbons (Fsp3) is 0.500. The number of hydrogen-bond acceptors (Lipinski definition) is 5. The summed E-state index contributed by atoms with van der Waals surface area (Å²) in [6, 6.07) is 0. The third-order valence-corrected chi connectivity index (χ3v) is 2.39. The Morgan fingerprint density at radius 1 is 1.50 bits per heavy atom. The molecule has 1 aromatic rings. The van der Waals surface area contributed by atoms with E-state index in [0.717, 1.165) is 0 Å². The Hall–Kier alpha value is -1.20. The lowest BCUT2D eigenvalue weighted by molar-refractivity contribution is 0.112. The number of nitrogens with zero attached hydrogens (tertiary/aromatic N) is 3. The summed E-state index contributed by atoms with van der Waals surface area (Å²) in [5.74, 6) is 1.07. The number of ether oxygens (including phenoxy) is 1. The van der Waals surface area contributed by atoms with Crippen molar-refractivity contribution in [2.24, 2.45) is 0 Å². The van der Waals surface area contributed by atoms with Crippen molar-refractivity contribution < 1.29 is 9.53 Å². The monoisotopic (exact) mass is 243 g/mol. The van der Waals surface area contributed by atoms with Crippen LogP contribution >= 0.6 is 11.6 Å². The second-order valence-corrected chi connectivity index (χ2v) is 3.69. The predicted molar refractivity (Wildman–Crippen MR) is 62.3 cm³/mol. The smallest absolute Gasteiger partial charge is 0.156 e. The van der Waals surface area contributed by atoms with Gasteiger partial charge in [0.2, 0.25) is 0 Å². The SMILES string of the molecule is COCCN(C)c1nc(C)nc(Cl)c1C=O. The number of hydrogen-bond donors (Lipinski definition) is 0. The van der Waals surface area contributed by atoms with E-state index in [-0.39, 0.29) is 5.15 Å². The molecule has 0 saturated heterocycles. The van der Waals surface area contributed by atoms with Crippen molar-refractivity contribution in [2.45, 2.75) is 6.92 Å². The van der Waals surface area contributed by atoms with Crippen LogP contribution in [0.25, 0.3) is 0 Å². The number of rotatable bonds is 5. The van der Waals surface area contributed by atoms with Crippen LogP contribution in [0.5, 0.6) is 0 Å². The summed E-state index contributed by atoms with van der Waals surface area (Å²) in [5.41, 5.74) is 0.311. The van der Waals surface area contributed by atoms with E-state index in [2.05, 4.69) is 9.97 Å². The summed E-state index contributed by atoms with van der Waals surface area (Å²) in [5, 5.41) is 0.182. The lowest BCUT2D eigenvalue weighted by Gasteiger charge is -2.19. The van der Waals surface area contributed by atoms with Gasteiger partial charge in [0.25, 0.3) is 0 Å². The standard InChI is InChI=1S/C10H14ClN3O2/c1-7-12-9(11)8(6-15)10(13-7)14(2)4-5-16-3/h6H,4-5H2,1-3H3. The van der Waals surface area contributed by atoms with Gasteiger partial charge < -0.3 is 9.64 Å². The molecular weight excluding hydrogens is 230 g/mol. The van der Waals surface area contributed by atoms with E-state index in [1.807, 2.05) is 11.9 Å². The molecule has 6 heteroatoms. The van der Waals surface area contributed by atoms with Gasteiger partial charge in [-0.15, -0.1) is 0 Å². The zero-order chi connectivity index (χ0) is 12.1. The minimum Gasteiger partial charge on any atom is -0.383 e. The average Bonchev–Trinajstić information content (AvgIpc) is 2.24. The Bertz CT molecular complexity index is 385. The molecular formula is C10H14ClN3O2. The fourth-order valence-corrected chi connectivity index (χ4v) is 1.51. The Morgan fingerprint density at radius 2 is 2.19 bits per heavy atom. The van der Waals surface area contributed by atoms with E-state index < -0.39 is 0 Å². The Balaban J connectivity index is 3.05. The molecule has 16 heavy (non-hydrogen) atoms. The maximum Gasteiger partial charge on any atom is 0.156 e. The summed E-state index contributed by atoms with van der Waals surface area (Å²) in [6.07, 6.45) is 0.667. The number of methoxy groups -OCH3 is 1. The average molecular weight is 244 g/mol. The van der Waals surface area contributed by atoms with Crippen molar-refractivity contribution in [1.82, 2.24) is 9.97 Å². The maximum absolute atomic E-state index is 10.9. The van der Waals surface area contributed by atoms with Crippen LogP contribution in [0, 0.1) is 6.92 Å². The van der Waals surface area contributed by atoms with Gasteiger partial charge in [-0.3, -0.25) is 4.79 Å². The molecule has 0 N–H and O–H groups in total.